The van der Waals surface area contributed by atoms with Crippen molar-refractivity contribution in [1.82, 2.24) is 9.21 Å². The minimum absolute atomic E-state index is 0.158. The van der Waals surface area contributed by atoms with Gasteiger partial charge in [0.05, 0.1) is 10.5 Å². The topological polar surface area (TPSA) is 93.5 Å². The Hall–Kier alpha value is -2.25. The van der Waals surface area contributed by atoms with E-state index < -0.39 is 10.0 Å². The number of anilines is 1. The van der Waals surface area contributed by atoms with Crippen LogP contribution in [0.5, 0.6) is 0 Å². The third kappa shape index (κ3) is 5.04. The summed E-state index contributed by atoms with van der Waals surface area (Å²) in [5.41, 5.74) is 1.92. The maximum absolute atomic E-state index is 12.8. The first-order valence-corrected chi connectivity index (χ1v) is 13.1. The second kappa shape index (κ2) is 10.1. The van der Waals surface area contributed by atoms with Gasteiger partial charge in [0.2, 0.25) is 10.0 Å². The molecule has 7 nitrogen and oxygen atoms in total. The van der Waals surface area contributed by atoms with Gasteiger partial charge < -0.3 is 5.32 Å². The van der Waals surface area contributed by atoms with Gasteiger partial charge >= 0.3 is 0 Å². The second-order valence-electron chi connectivity index (χ2n) is 8.29. The van der Waals surface area contributed by atoms with E-state index in [1.54, 1.807) is 7.05 Å². The normalized spacial score (nSPS) is 14.4. The third-order valence-electron chi connectivity index (χ3n) is 5.81. The highest BCUT2D eigenvalue weighted by atomic mass is 32.2. The van der Waals surface area contributed by atoms with Gasteiger partial charge in [-0.15, -0.1) is 11.3 Å². The van der Waals surface area contributed by atoms with Crippen molar-refractivity contribution in [1.29, 1.82) is 5.26 Å². The lowest BCUT2D eigenvalue weighted by Crippen LogP contribution is -2.35. The first-order valence-electron chi connectivity index (χ1n) is 10.9. The summed E-state index contributed by atoms with van der Waals surface area (Å²) in [7, 11) is -2.02. The molecule has 172 valence electrons. The van der Waals surface area contributed by atoms with Crippen molar-refractivity contribution in [3.05, 3.63) is 45.8 Å². The Morgan fingerprint density at radius 1 is 1.31 bits per heavy atom. The van der Waals surface area contributed by atoms with Crippen molar-refractivity contribution in [2.24, 2.45) is 0 Å². The molecule has 0 unspecified atom stereocenters. The zero-order valence-electron chi connectivity index (χ0n) is 19.0. The standard InChI is InChI=1S/C23H30N4O3S2/c1-5-6-12-26(4)32(29,30)18-9-7-17(8-10-18)22(28)25-23-20(14-24)19-11-13-27(16(2)3)15-21(19)31-23/h7-10,16H,5-6,11-13,15H2,1-4H3,(H,25,28). The van der Waals surface area contributed by atoms with Crippen molar-refractivity contribution in [3.8, 4) is 6.07 Å². The van der Waals surface area contributed by atoms with E-state index in [9.17, 15) is 18.5 Å². The highest BCUT2D eigenvalue weighted by Gasteiger charge is 2.27. The first-order chi connectivity index (χ1) is 15.2. The molecule has 1 aromatic heterocycles. The van der Waals surface area contributed by atoms with Crippen LogP contribution in [0.25, 0.3) is 0 Å². The summed E-state index contributed by atoms with van der Waals surface area (Å²) in [6.07, 6.45) is 2.49. The third-order valence-corrected chi connectivity index (χ3v) is 8.81. The van der Waals surface area contributed by atoms with Crippen molar-refractivity contribution in [2.75, 3.05) is 25.5 Å². The van der Waals surface area contributed by atoms with Gasteiger partial charge in [0.25, 0.3) is 5.91 Å². The van der Waals surface area contributed by atoms with E-state index in [4.69, 9.17) is 0 Å². The minimum Gasteiger partial charge on any atom is -0.312 e. The number of carbonyl (C=O) groups is 1. The Kier molecular flexibility index (Phi) is 7.72. The van der Waals surface area contributed by atoms with Crippen LogP contribution in [-0.2, 0) is 23.0 Å². The summed E-state index contributed by atoms with van der Waals surface area (Å²) in [5, 5.41) is 13.1. The summed E-state index contributed by atoms with van der Waals surface area (Å²) >= 11 is 1.45. The SMILES string of the molecule is CCCCN(C)S(=O)(=O)c1ccc(C(=O)Nc2sc3c(c2C#N)CCN(C(C)C)C3)cc1. The number of nitrogens with zero attached hydrogens (tertiary/aromatic N) is 3. The molecule has 1 N–H and O–H groups in total. The maximum atomic E-state index is 12.8. The fourth-order valence-electron chi connectivity index (χ4n) is 3.70. The van der Waals surface area contributed by atoms with Crippen LogP contribution in [0.2, 0.25) is 0 Å². The largest absolute Gasteiger partial charge is 0.312 e. The van der Waals surface area contributed by atoms with Gasteiger partial charge in [0.1, 0.15) is 11.1 Å². The summed E-state index contributed by atoms with van der Waals surface area (Å²) in [4.78, 5) is 16.4. The number of sulfonamides is 1. The van der Waals surface area contributed by atoms with Crippen molar-refractivity contribution < 1.29 is 13.2 Å². The summed E-state index contributed by atoms with van der Waals surface area (Å²) in [6.45, 7) is 8.44. The summed E-state index contributed by atoms with van der Waals surface area (Å²) < 4.78 is 26.7. The van der Waals surface area contributed by atoms with Crippen LogP contribution in [-0.4, -0.2) is 49.7 Å². The quantitative estimate of drug-likeness (QED) is 0.623. The van der Waals surface area contributed by atoms with E-state index in [1.165, 1.54) is 39.9 Å². The molecule has 1 aromatic carbocycles. The van der Waals surface area contributed by atoms with E-state index in [-0.39, 0.29) is 10.8 Å². The number of unbranched alkanes of at least 4 members (excludes halogenated alkanes) is 1. The molecule has 0 radical (unpaired) electrons. The van der Waals surface area contributed by atoms with Crippen LogP contribution >= 0.6 is 11.3 Å². The van der Waals surface area contributed by atoms with Crippen molar-refractivity contribution >= 4 is 32.3 Å². The number of amides is 1. The molecule has 32 heavy (non-hydrogen) atoms. The molecular weight excluding hydrogens is 444 g/mol. The number of thiophene rings is 1. The van der Waals surface area contributed by atoms with Crippen LogP contribution in [0.1, 0.15) is 60.0 Å². The fourth-order valence-corrected chi connectivity index (χ4v) is 6.13. The van der Waals surface area contributed by atoms with Gasteiger partial charge in [-0.3, -0.25) is 9.69 Å². The van der Waals surface area contributed by atoms with E-state index in [0.29, 0.717) is 28.7 Å². The molecule has 0 bridgehead atoms. The number of fused-ring (bicyclic) bond motifs is 1. The molecule has 1 aliphatic heterocycles. The predicted molar refractivity (Wildman–Crippen MR) is 127 cm³/mol. The lowest BCUT2D eigenvalue weighted by Gasteiger charge is -2.30. The van der Waals surface area contributed by atoms with E-state index >= 15 is 0 Å². The summed E-state index contributed by atoms with van der Waals surface area (Å²) in [5.74, 6) is -0.357. The number of hydrogen-bond donors (Lipinski definition) is 1. The van der Waals surface area contributed by atoms with Crippen molar-refractivity contribution in [2.45, 2.75) is 57.5 Å². The van der Waals surface area contributed by atoms with Crippen LogP contribution in [0.4, 0.5) is 5.00 Å². The molecule has 0 spiro atoms. The monoisotopic (exact) mass is 474 g/mol. The van der Waals surface area contributed by atoms with Crippen LogP contribution < -0.4 is 5.32 Å². The zero-order chi connectivity index (χ0) is 23.5. The Morgan fingerprint density at radius 3 is 2.59 bits per heavy atom. The predicted octanol–water partition coefficient (Wildman–Crippen LogP) is 4.06. The highest BCUT2D eigenvalue weighted by molar-refractivity contribution is 7.89. The van der Waals surface area contributed by atoms with Gasteiger partial charge in [-0.2, -0.15) is 5.26 Å². The first kappa shape index (κ1) is 24.4. The number of carbonyl (C=O) groups excluding carboxylic acids is 1. The molecule has 2 aromatic rings. The molecular formula is C23H30N4O3S2. The highest BCUT2D eigenvalue weighted by Crippen LogP contribution is 2.37. The second-order valence-corrected chi connectivity index (χ2v) is 11.4. The summed E-state index contributed by atoms with van der Waals surface area (Å²) in [6, 6.07) is 8.61. The molecule has 0 saturated heterocycles. The van der Waals surface area contributed by atoms with Gasteiger partial charge in [0.15, 0.2) is 0 Å². The molecule has 9 heteroatoms. The number of rotatable bonds is 8. The molecule has 3 rings (SSSR count). The minimum atomic E-state index is -3.58. The molecule has 1 aliphatic rings. The van der Waals surface area contributed by atoms with E-state index in [0.717, 1.165) is 42.8 Å². The smallest absolute Gasteiger partial charge is 0.256 e. The van der Waals surface area contributed by atoms with Gasteiger partial charge in [-0.25, -0.2) is 12.7 Å². The van der Waals surface area contributed by atoms with Gasteiger partial charge in [-0.1, -0.05) is 13.3 Å². The molecule has 0 atom stereocenters. The molecule has 0 fully saturated rings. The van der Waals surface area contributed by atoms with Crippen LogP contribution in [0.15, 0.2) is 29.2 Å². The van der Waals surface area contributed by atoms with Crippen LogP contribution in [0, 0.1) is 11.3 Å². The maximum Gasteiger partial charge on any atom is 0.256 e. The number of benzene rings is 1. The average molecular weight is 475 g/mol. The Morgan fingerprint density at radius 2 is 2.00 bits per heavy atom. The molecule has 0 aliphatic carbocycles. The van der Waals surface area contributed by atoms with Gasteiger partial charge in [0, 0.05) is 43.2 Å². The molecule has 2 heterocycles. The average Bonchev–Trinajstić information content (AvgIpc) is 3.13. The van der Waals surface area contributed by atoms with Crippen molar-refractivity contribution in [3.63, 3.8) is 0 Å². The lowest BCUT2D eigenvalue weighted by molar-refractivity contribution is 0.102. The zero-order valence-corrected chi connectivity index (χ0v) is 20.6. The Labute approximate surface area is 194 Å². The lowest BCUT2D eigenvalue weighted by atomic mass is 10.0. The van der Waals surface area contributed by atoms with Crippen LogP contribution in [0.3, 0.4) is 0 Å². The Bertz CT molecular complexity index is 1120. The molecule has 1 amide bonds. The number of nitriles is 1. The number of hydrogen-bond acceptors (Lipinski definition) is 6. The Balaban J connectivity index is 1.77. The van der Waals surface area contributed by atoms with E-state index in [2.05, 4.69) is 30.1 Å². The number of nitrogens with one attached hydrogen (secondary N) is 1. The fraction of sp³-hybridized carbons (Fsp3) is 0.478. The van der Waals surface area contributed by atoms with Gasteiger partial charge in [-0.05, 0) is 56.5 Å². The van der Waals surface area contributed by atoms with E-state index in [1.807, 2.05) is 6.92 Å². The molecule has 0 saturated carbocycles.